The van der Waals surface area contributed by atoms with Gasteiger partial charge >= 0.3 is 0 Å². The molecule has 220 valence electrons. The van der Waals surface area contributed by atoms with E-state index >= 15 is 0 Å². The number of pyridine rings is 1. The minimum atomic E-state index is 0.841. The summed E-state index contributed by atoms with van der Waals surface area (Å²) in [6.45, 7) is 0. The van der Waals surface area contributed by atoms with Gasteiger partial charge in [0.15, 0.2) is 0 Å². The molecule has 0 saturated carbocycles. The second kappa shape index (κ2) is 11.2. The maximum Gasteiger partial charge on any atom is 0.146 e. The van der Waals surface area contributed by atoms with Gasteiger partial charge in [-0.3, -0.25) is 4.40 Å². The predicted octanol–water partition coefficient (Wildman–Crippen LogP) is 10.8. The molecule has 6 aromatic carbocycles. The van der Waals surface area contributed by atoms with Crippen molar-refractivity contribution in [1.29, 1.82) is 0 Å². The Hall–Kier alpha value is -6.39. The zero-order valence-corrected chi connectivity index (χ0v) is 25.5. The summed E-state index contributed by atoms with van der Waals surface area (Å²) in [6.07, 6.45) is 0. The summed E-state index contributed by atoms with van der Waals surface area (Å²) in [6, 6.07) is 58.8. The van der Waals surface area contributed by atoms with Gasteiger partial charge in [0.25, 0.3) is 0 Å². The van der Waals surface area contributed by atoms with Crippen molar-refractivity contribution in [1.82, 2.24) is 19.4 Å². The van der Waals surface area contributed by atoms with Crippen LogP contribution in [0.15, 0.2) is 170 Å². The molecule has 4 nitrogen and oxygen atoms in total. The number of imidazole rings is 1. The lowest BCUT2D eigenvalue weighted by Gasteiger charge is -2.17. The van der Waals surface area contributed by atoms with Gasteiger partial charge < -0.3 is 0 Å². The van der Waals surface area contributed by atoms with Gasteiger partial charge in [0.05, 0.1) is 39.3 Å². The lowest BCUT2D eigenvalue weighted by Crippen LogP contribution is -2.01. The molecule has 0 bridgehead atoms. The molecule has 0 N–H and O–H groups in total. The van der Waals surface area contributed by atoms with E-state index in [0.29, 0.717) is 0 Å². The summed E-state index contributed by atoms with van der Waals surface area (Å²) in [7, 11) is 0. The van der Waals surface area contributed by atoms with Crippen LogP contribution in [0.5, 0.6) is 0 Å². The Morgan fingerprint density at radius 2 is 0.809 bits per heavy atom. The number of hydrogen-bond donors (Lipinski definition) is 0. The average molecular weight is 601 g/mol. The van der Waals surface area contributed by atoms with Crippen LogP contribution >= 0.6 is 0 Å². The van der Waals surface area contributed by atoms with Crippen LogP contribution in [0.2, 0.25) is 0 Å². The number of rotatable bonds is 5. The first kappa shape index (κ1) is 27.0. The van der Waals surface area contributed by atoms with Gasteiger partial charge in [-0.15, -0.1) is 0 Å². The predicted molar refractivity (Wildman–Crippen MR) is 193 cm³/mol. The molecule has 3 aromatic heterocycles. The fourth-order valence-electron chi connectivity index (χ4n) is 6.55. The van der Waals surface area contributed by atoms with Crippen molar-refractivity contribution in [2.24, 2.45) is 0 Å². The van der Waals surface area contributed by atoms with E-state index in [0.717, 1.165) is 83.7 Å². The smallest absolute Gasteiger partial charge is 0.146 e. The highest BCUT2D eigenvalue weighted by Crippen LogP contribution is 2.39. The van der Waals surface area contributed by atoms with Gasteiger partial charge in [0, 0.05) is 27.8 Å². The molecule has 9 aromatic rings. The van der Waals surface area contributed by atoms with E-state index in [1.807, 2.05) is 24.3 Å². The van der Waals surface area contributed by atoms with Crippen LogP contribution in [-0.2, 0) is 0 Å². The Bertz CT molecular complexity index is 2540. The molecular formula is C43H28N4. The number of nitrogens with zero attached hydrogens (tertiary/aromatic N) is 4. The first-order chi connectivity index (χ1) is 23.3. The van der Waals surface area contributed by atoms with Crippen LogP contribution in [0.1, 0.15) is 0 Å². The molecule has 0 atom stereocenters. The highest BCUT2D eigenvalue weighted by atomic mass is 15.0. The van der Waals surface area contributed by atoms with Gasteiger partial charge in [-0.05, 0) is 41.3 Å². The summed E-state index contributed by atoms with van der Waals surface area (Å²) in [5.74, 6) is 0. The first-order valence-electron chi connectivity index (χ1n) is 15.8. The van der Waals surface area contributed by atoms with Crippen molar-refractivity contribution in [3.63, 3.8) is 0 Å². The van der Waals surface area contributed by atoms with E-state index in [-0.39, 0.29) is 0 Å². The van der Waals surface area contributed by atoms with Crippen molar-refractivity contribution in [2.75, 3.05) is 0 Å². The lowest BCUT2D eigenvalue weighted by molar-refractivity contribution is 1.21. The third-order valence-corrected chi connectivity index (χ3v) is 8.77. The number of para-hydroxylation sites is 2. The third kappa shape index (κ3) is 4.66. The molecule has 0 aliphatic rings. The number of hydrogen-bond acceptors (Lipinski definition) is 3. The quantitative estimate of drug-likeness (QED) is 0.197. The monoisotopic (exact) mass is 600 g/mol. The van der Waals surface area contributed by atoms with Crippen molar-refractivity contribution >= 4 is 27.6 Å². The van der Waals surface area contributed by atoms with Crippen molar-refractivity contribution in [3.05, 3.63) is 170 Å². The minimum Gasteiger partial charge on any atom is -0.292 e. The molecule has 0 spiro atoms. The Morgan fingerprint density at radius 1 is 0.340 bits per heavy atom. The van der Waals surface area contributed by atoms with Crippen molar-refractivity contribution in [2.45, 2.75) is 0 Å². The standard InChI is InChI=1S/C43H28N4/c1-5-15-29(16-6-1)35-28-34-27-33(25-26-37(34)47-38-24-14-13-23-36(38)44-43(35)47)42-41(32-21-11-4-12-22-32)45-39(30-17-7-2-8-18-30)40(46-42)31-19-9-3-10-20-31/h1-28H. The van der Waals surface area contributed by atoms with E-state index in [2.05, 4.69) is 150 Å². The molecule has 0 saturated heterocycles. The summed E-state index contributed by atoms with van der Waals surface area (Å²) in [4.78, 5) is 16.0. The van der Waals surface area contributed by atoms with Gasteiger partial charge in [-0.2, -0.15) is 0 Å². The highest BCUT2D eigenvalue weighted by molar-refractivity contribution is 6.00. The minimum absolute atomic E-state index is 0.841. The molecule has 0 amide bonds. The summed E-state index contributed by atoms with van der Waals surface area (Å²) in [5.41, 5.74) is 13.8. The zero-order valence-electron chi connectivity index (χ0n) is 25.5. The van der Waals surface area contributed by atoms with Crippen LogP contribution in [0, 0.1) is 0 Å². The second-order valence-electron chi connectivity index (χ2n) is 11.7. The van der Waals surface area contributed by atoms with Crippen molar-refractivity contribution < 1.29 is 0 Å². The molecule has 0 unspecified atom stereocenters. The highest BCUT2D eigenvalue weighted by Gasteiger charge is 2.21. The summed E-state index contributed by atoms with van der Waals surface area (Å²) < 4.78 is 2.29. The maximum absolute atomic E-state index is 5.47. The van der Waals surface area contributed by atoms with E-state index in [1.54, 1.807) is 0 Å². The topological polar surface area (TPSA) is 43.1 Å². The van der Waals surface area contributed by atoms with Gasteiger partial charge in [0.2, 0.25) is 0 Å². The Morgan fingerprint density at radius 3 is 1.36 bits per heavy atom. The van der Waals surface area contributed by atoms with E-state index in [4.69, 9.17) is 15.0 Å². The SMILES string of the molecule is c1ccc(-c2nc(-c3ccccc3)c(-c3ccc4c(c3)cc(-c3ccccc3)c3nc5ccccc5n34)nc2-c2ccccc2)cc1. The van der Waals surface area contributed by atoms with Crippen LogP contribution < -0.4 is 0 Å². The fourth-order valence-corrected chi connectivity index (χ4v) is 6.55. The largest absolute Gasteiger partial charge is 0.292 e. The molecule has 0 fully saturated rings. The van der Waals surface area contributed by atoms with Crippen LogP contribution in [-0.4, -0.2) is 19.4 Å². The Balaban J connectivity index is 1.35. The van der Waals surface area contributed by atoms with Crippen LogP contribution in [0.3, 0.4) is 0 Å². The molecule has 47 heavy (non-hydrogen) atoms. The van der Waals surface area contributed by atoms with Crippen molar-refractivity contribution in [3.8, 4) is 56.2 Å². The first-order valence-corrected chi connectivity index (χ1v) is 15.8. The lowest BCUT2D eigenvalue weighted by atomic mass is 9.98. The molecule has 0 aliphatic heterocycles. The summed E-state index contributed by atoms with van der Waals surface area (Å²) >= 11 is 0. The Labute approximate surface area is 272 Å². The molecule has 9 rings (SSSR count). The second-order valence-corrected chi connectivity index (χ2v) is 11.7. The normalized spacial score (nSPS) is 11.4. The van der Waals surface area contributed by atoms with Gasteiger partial charge in [-0.1, -0.05) is 140 Å². The summed E-state index contributed by atoms with van der Waals surface area (Å²) in [5, 5.41) is 1.10. The molecule has 0 aliphatic carbocycles. The van der Waals surface area contributed by atoms with Crippen LogP contribution in [0.4, 0.5) is 0 Å². The molecule has 0 radical (unpaired) electrons. The Kier molecular flexibility index (Phi) is 6.43. The zero-order chi connectivity index (χ0) is 31.2. The van der Waals surface area contributed by atoms with Gasteiger partial charge in [0.1, 0.15) is 5.65 Å². The number of benzene rings is 6. The fraction of sp³-hybridized carbons (Fsp3) is 0. The number of aromatic nitrogens is 4. The van der Waals surface area contributed by atoms with E-state index < -0.39 is 0 Å². The van der Waals surface area contributed by atoms with Crippen LogP contribution in [0.25, 0.3) is 83.7 Å². The van der Waals surface area contributed by atoms with Gasteiger partial charge in [-0.25, -0.2) is 15.0 Å². The maximum atomic E-state index is 5.47. The number of fused-ring (bicyclic) bond motifs is 5. The molecular weight excluding hydrogens is 573 g/mol. The average Bonchev–Trinajstić information content (AvgIpc) is 3.55. The molecule has 4 heteroatoms. The molecule has 3 heterocycles. The van der Waals surface area contributed by atoms with E-state index in [9.17, 15) is 0 Å². The van der Waals surface area contributed by atoms with E-state index in [1.165, 1.54) is 0 Å². The third-order valence-electron chi connectivity index (χ3n) is 8.77.